The highest BCUT2D eigenvalue weighted by molar-refractivity contribution is 5.95. The van der Waals surface area contributed by atoms with Crippen LogP contribution in [-0.4, -0.2) is 68.4 Å². The number of aliphatic carboxylic acids is 2. The molecule has 0 amide bonds. The van der Waals surface area contributed by atoms with E-state index in [1.54, 1.807) is 42.0 Å². The zero-order chi connectivity index (χ0) is 34.7. The van der Waals surface area contributed by atoms with Crippen molar-refractivity contribution in [3.8, 4) is 5.75 Å². The van der Waals surface area contributed by atoms with Crippen molar-refractivity contribution in [3.63, 3.8) is 0 Å². The molecular weight excluding hydrogens is 620 g/mol. The highest BCUT2D eigenvalue weighted by Gasteiger charge is 2.38. The van der Waals surface area contributed by atoms with Crippen LogP contribution < -0.4 is 11.5 Å². The number of nitrogens with one attached hydrogen (secondary N) is 2. The van der Waals surface area contributed by atoms with Crippen molar-refractivity contribution in [2.45, 2.75) is 32.2 Å². The van der Waals surface area contributed by atoms with Gasteiger partial charge in [0, 0.05) is 29.1 Å². The Morgan fingerprint density at radius 1 is 0.822 bits per heavy atom. The number of hydrogen-bond donors (Lipinski definition) is 7. The Labute approximate surface area is 250 Å². The van der Waals surface area contributed by atoms with Crippen LogP contribution >= 0.6 is 0 Å². The van der Waals surface area contributed by atoms with E-state index in [-0.39, 0.29) is 24.0 Å². The molecule has 9 N–H and O–H groups in total. The first-order valence-corrected chi connectivity index (χ1v) is 12.2. The Kier molecular flexibility index (Phi) is 13.1. The molecule has 0 bridgehead atoms. The van der Waals surface area contributed by atoms with Gasteiger partial charge in [-0.2, -0.15) is 26.3 Å². The van der Waals surface area contributed by atoms with E-state index in [9.17, 15) is 36.2 Å². The predicted octanol–water partition coefficient (Wildman–Crippen LogP) is 3.84. The number of esters is 1. The van der Waals surface area contributed by atoms with Crippen molar-refractivity contribution >= 4 is 29.6 Å². The highest BCUT2D eigenvalue weighted by atomic mass is 19.4. The van der Waals surface area contributed by atoms with E-state index in [4.69, 9.17) is 46.8 Å². The summed E-state index contributed by atoms with van der Waals surface area (Å²) in [5, 5.41) is 39.6. The van der Waals surface area contributed by atoms with E-state index in [0.29, 0.717) is 35.2 Å². The Balaban J connectivity index is 0.000000601. The summed E-state index contributed by atoms with van der Waals surface area (Å²) in [5.74, 6) is -5.94. The van der Waals surface area contributed by atoms with Gasteiger partial charge in [0.1, 0.15) is 17.4 Å². The molecule has 18 heteroatoms. The molecule has 0 unspecified atom stereocenters. The molecule has 1 aromatic heterocycles. The molecule has 0 radical (unpaired) electrons. The van der Waals surface area contributed by atoms with Crippen LogP contribution in [0.1, 0.15) is 45.1 Å². The first-order valence-electron chi connectivity index (χ1n) is 12.2. The van der Waals surface area contributed by atoms with Crippen LogP contribution in [0.4, 0.5) is 26.3 Å². The van der Waals surface area contributed by atoms with Crippen molar-refractivity contribution in [2.24, 2.45) is 11.5 Å². The lowest BCUT2D eigenvalue weighted by Gasteiger charge is -2.08. The van der Waals surface area contributed by atoms with Crippen LogP contribution in [0.2, 0.25) is 0 Å². The zero-order valence-corrected chi connectivity index (χ0v) is 23.2. The van der Waals surface area contributed by atoms with Gasteiger partial charge in [-0.25, -0.2) is 14.4 Å². The van der Waals surface area contributed by atoms with Crippen LogP contribution in [0.25, 0.3) is 0 Å². The molecule has 0 aliphatic heterocycles. The standard InChI is InChI=1S/C23H25N5O3.2C2HF3O2/c1-2-31-23(30)19-13-28(12-18-10-16(22(26)27)7-8-20(18)29)11-17(19)9-14-3-5-15(6-4-14)21(24)25;2*3-2(4,5)1(6)7/h3-8,10-11,13,29H,2,9,12H2,1H3,(H3,24,25)(H3,26,27);2*(H,6,7). The summed E-state index contributed by atoms with van der Waals surface area (Å²) in [6.45, 7) is 2.31. The molecular formula is C27H27F6N5O7. The summed E-state index contributed by atoms with van der Waals surface area (Å²) < 4.78 is 70.5. The van der Waals surface area contributed by atoms with Gasteiger partial charge in [0.25, 0.3) is 0 Å². The molecule has 0 saturated carbocycles. The Hall–Kier alpha value is -5.55. The van der Waals surface area contributed by atoms with E-state index < -0.39 is 30.3 Å². The number of rotatable bonds is 8. The Morgan fingerprint density at radius 3 is 1.71 bits per heavy atom. The first-order chi connectivity index (χ1) is 20.7. The smallest absolute Gasteiger partial charge is 0.490 e. The van der Waals surface area contributed by atoms with Gasteiger partial charge in [-0.1, -0.05) is 24.3 Å². The van der Waals surface area contributed by atoms with Gasteiger partial charge in [-0.05, 0) is 42.7 Å². The van der Waals surface area contributed by atoms with Gasteiger partial charge in [0.05, 0.1) is 18.7 Å². The van der Waals surface area contributed by atoms with Gasteiger partial charge in [-0.15, -0.1) is 0 Å². The fraction of sp³-hybridized carbons (Fsp3) is 0.222. The second-order valence-corrected chi connectivity index (χ2v) is 8.74. The number of carboxylic acids is 2. The summed E-state index contributed by atoms with van der Waals surface area (Å²) >= 11 is 0. The first kappa shape index (κ1) is 37.5. The largest absolute Gasteiger partial charge is 0.508 e. The number of aromatic hydroxyl groups is 1. The Bertz CT molecular complexity index is 1510. The molecule has 0 atom stereocenters. The van der Waals surface area contributed by atoms with Gasteiger partial charge in [0.2, 0.25) is 0 Å². The lowest BCUT2D eigenvalue weighted by atomic mass is 10.0. The number of carbonyl (C=O) groups excluding carboxylic acids is 1. The number of alkyl halides is 6. The molecule has 3 rings (SSSR count). The SMILES string of the molecule is CCOC(=O)c1cn(Cc2cc(C(=N)N)ccc2O)cc1Cc1ccc(C(=N)N)cc1.O=C(O)C(F)(F)F.O=C(O)C(F)(F)F. The maximum absolute atomic E-state index is 12.5. The van der Waals surface area contributed by atoms with Gasteiger partial charge in [0.15, 0.2) is 0 Å². The number of nitrogens with zero attached hydrogens (tertiary/aromatic N) is 1. The van der Waals surface area contributed by atoms with Crippen LogP contribution in [0, 0.1) is 10.8 Å². The van der Waals surface area contributed by atoms with E-state index >= 15 is 0 Å². The number of carbonyl (C=O) groups is 3. The molecule has 12 nitrogen and oxygen atoms in total. The molecule has 0 saturated heterocycles. The zero-order valence-electron chi connectivity index (χ0n) is 23.2. The average Bonchev–Trinajstić information content (AvgIpc) is 3.32. The predicted molar refractivity (Wildman–Crippen MR) is 146 cm³/mol. The van der Waals surface area contributed by atoms with Crippen LogP contribution in [-0.2, 0) is 27.3 Å². The summed E-state index contributed by atoms with van der Waals surface area (Å²) in [6.07, 6.45) is -6.15. The molecule has 2 aromatic carbocycles. The minimum atomic E-state index is -5.08. The van der Waals surface area contributed by atoms with E-state index in [2.05, 4.69) is 0 Å². The number of ether oxygens (including phenoxy) is 1. The number of aromatic nitrogens is 1. The second kappa shape index (κ2) is 15.8. The minimum Gasteiger partial charge on any atom is -0.508 e. The number of nitrogens with two attached hydrogens (primary N) is 2. The maximum atomic E-state index is 12.5. The summed E-state index contributed by atoms with van der Waals surface area (Å²) in [7, 11) is 0. The Morgan fingerprint density at radius 2 is 1.29 bits per heavy atom. The molecule has 45 heavy (non-hydrogen) atoms. The van der Waals surface area contributed by atoms with E-state index in [0.717, 1.165) is 11.1 Å². The number of benzene rings is 2. The summed E-state index contributed by atoms with van der Waals surface area (Å²) in [6, 6.07) is 12.0. The fourth-order valence-electron chi connectivity index (χ4n) is 3.28. The molecule has 0 fully saturated rings. The number of phenolic OH excluding ortho intramolecular Hbond substituents is 1. The van der Waals surface area contributed by atoms with Crippen LogP contribution in [0.5, 0.6) is 5.75 Å². The normalized spacial score (nSPS) is 10.8. The number of nitrogen functional groups attached to an aromatic ring is 2. The highest BCUT2D eigenvalue weighted by Crippen LogP contribution is 2.23. The summed E-state index contributed by atoms with van der Waals surface area (Å²) in [4.78, 5) is 30.3. The van der Waals surface area contributed by atoms with Crippen molar-refractivity contribution < 1.29 is 60.8 Å². The minimum absolute atomic E-state index is 0.00230. The second-order valence-electron chi connectivity index (χ2n) is 8.74. The van der Waals surface area contributed by atoms with E-state index in [1.165, 1.54) is 6.07 Å². The topological polar surface area (TPSA) is 226 Å². The summed E-state index contributed by atoms with van der Waals surface area (Å²) in [5.41, 5.74) is 15.0. The van der Waals surface area contributed by atoms with Crippen molar-refractivity contribution in [1.29, 1.82) is 10.8 Å². The molecule has 0 aliphatic carbocycles. The monoisotopic (exact) mass is 647 g/mol. The quantitative estimate of drug-likeness (QED) is 0.0815. The van der Waals surface area contributed by atoms with Gasteiger partial charge < -0.3 is 36.1 Å². The van der Waals surface area contributed by atoms with Crippen LogP contribution in [0.15, 0.2) is 54.9 Å². The molecule has 3 aromatic rings. The number of phenols is 1. The number of hydrogen-bond acceptors (Lipinski definition) is 7. The molecule has 1 heterocycles. The third-order valence-electron chi connectivity index (χ3n) is 5.35. The van der Waals surface area contributed by atoms with Crippen molar-refractivity contribution in [3.05, 3.63) is 88.2 Å². The lowest BCUT2D eigenvalue weighted by Crippen LogP contribution is -2.21. The third-order valence-corrected chi connectivity index (χ3v) is 5.35. The molecule has 0 spiro atoms. The van der Waals surface area contributed by atoms with E-state index in [1.807, 2.05) is 18.3 Å². The van der Waals surface area contributed by atoms with Gasteiger partial charge in [-0.3, -0.25) is 10.8 Å². The lowest BCUT2D eigenvalue weighted by molar-refractivity contribution is -0.193. The average molecular weight is 648 g/mol. The number of carboxylic acid groups (broad SMARTS) is 2. The number of amidine groups is 2. The molecule has 244 valence electrons. The fourth-order valence-corrected chi connectivity index (χ4v) is 3.28. The number of halogens is 6. The maximum Gasteiger partial charge on any atom is 0.490 e. The van der Waals surface area contributed by atoms with Crippen LogP contribution in [0.3, 0.4) is 0 Å². The molecule has 0 aliphatic rings. The van der Waals surface area contributed by atoms with Crippen molar-refractivity contribution in [2.75, 3.05) is 6.61 Å². The van der Waals surface area contributed by atoms with Gasteiger partial charge >= 0.3 is 30.3 Å². The van der Waals surface area contributed by atoms with Crippen molar-refractivity contribution in [1.82, 2.24) is 4.57 Å². The third kappa shape index (κ3) is 12.3.